The van der Waals surface area contributed by atoms with E-state index in [1.807, 2.05) is 0 Å². The number of rotatable bonds is 6. The number of benzene rings is 1. The number of hydrogen-bond donors (Lipinski definition) is 1. The minimum Gasteiger partial charge on any atom is -0.491 e. The van der Waals surface area contributed by atoms with Crippen LogP contribution in [0.25, 0.3) is 0 Å². The number of carbonyl (C=O) groups is 1. The number of aliphatic carboxylic acids is 1. The summed E-state index contributed by atoms with van der Waals surface area (Å²) < 4.78 is 10.3. The Morgan fingerprint density at radius 1 is 1.44 bits per heavy atom. The number of hydrogen-bond acceptors (Lipinski definition) is 3. The third kappa shape index (κ3) is 3.55. The maximum Gasteiger partial charge on any atom is 0.310 e. The molecule has 4 heteroatoms. The Morgan fingerprint density at radius 3 is 2.81 bits per heavy atom. The molecule has 88 valence electrons. The van der Waals surface area contributed by atoms with E-state index < -0.39 is 11.9 Å². The van der Waals surface area contributed by atoms with Gasteiger partial charge in [-0.05, 0) is 24.6 Å². The summed E-state index contributed by atoms with van der Waals surface area (Å²) in [6.07, 6.45) is 0. The van der Waals surface area contributed by atoms with Gasteiger partial charge >= 0.3 is 5.97 Å². The third-order valence-corrected chi connectivity index (χ3v) is 2.28. The Morgan fingerprint density at radius 2 is 2.19 bits per heavy atom. The molecule has 0 heterocycles. The van der Waals surface area contributed by atoms with Crippen LogP contribution in [-0.2, 0) is 9.53 Å². The van der Waals surface area contributed by atoms with E-state index in [-0.39, 0.29) is 0 Å². The first-order chi connectivity index (χ1) is 7.65. The zero-order valence-corrected chi connectivity index (χ0v) is 9.47. The van der Waals surface area contributed by atoms with Crippen LogP contribution in [0.1, 0.15) is 18.4 Å². The maximum absolute atomic E-state index is 10.8. The minimum atomic E-state index is -0.839. The SMILES string of the molecule is COCCOc1cccc(C(C)C(=O)O)c1. The van der Waals surface area contributed by atoms with Crippen LogP contribution in [0.4, 0.5) is 0 Å². The molecular weight excluding hydrogens is 208 g/mol. The number of carboxylic acid groups (broad SMARTS) is 1. The summed E-state index contributed by atoms with van der Waals surface area (Å²) in [5.74, 6) is -0.692. The van der Waals surface area contributed by atoms with E-state index in [1.165, 1.54) is 0 Å². The molecule has 1 aromatic rings. The average Bonchev–Trinajstić information content (AvgIpc) is 2.29. The van der Waals surface area contributed by atoms with Crippen molar-refractivity contribution in [3.8, 4) is 5.75 Å². The van der Waals surface area contributed by atoms with Crippen LogP contribution in [0.5, 0.6) is 5.75 Å². The maximum atomic E-state index is 10.8. The Bertz CT molecular complexity index is 349. The van der Waals surface area contributed by atoms with Gasteiger partial charge < -0.3 is 14.6 Å². The van der Waals surface area contributed by atoms with E-state index >= 15 is 0 Å². The highest BCUT2D eigenvalue weighted by Crippen LogP contribution is 2.20. The normalized spacial score (nSPS) is 12.1. The molecule has 0 saturated heterocycles. The predicted octanol–water partition coefficient (Wildman–Crippen LogP) is 1.90. The van der Waals surface area contributed by atoms with Crippen LogP contribution in [0, 0.1) is 0 Å². The minimum absolute atomic E-state index is 0.460. The number of ether oxygens (including phenoxy) is 2. The molecule has 0 aliphatic heterocycles. The standard InChI is InChI=1S/C12H16O4/c1-9(12(13)14)10-4-3-5-11(8-10)16-7-6-15-2/h3-5,8-9H,6-7H2,1-2H3,(H,13,14). The molecule has 0 bridgehead atoms. The van der Waals surface area contributed by atoms with Gasteiger partial charge in [-0.15, -0.1) is 0 Å². The molecular formula is C12H16O4. The summed E-state index contributed by atoms with van der Waals surface area (Å²) in [5.41, 5.74) is 0.738. The van der Waals surface area contributed by atoms with Crippen LogP contribution in [0.15, 0.2) is 24.3 Å². The molecule has 0 fully saturated rings. The molecule has 0 aliphatic rings. The third-order valence-electron chi connectivity index (χ3n) is 2.28. The molecule has 0 aromatic heterocycles. The van der Waals surface area contributed by atoms with Crippen molar-refractivity contribution in [3.63, 3.8) is 0 Å². The molecule has 0 spiro atoms. The predicted molar refractivity (Wildman–Crippen MR) is 59.9 cm³/mol. The molecule has 0 saturated carbocycles. The lowest BCUT2D eigenvalue weighted by Crippen LogP contribution is -2.08. The first-order valence-electron chi connectivity index (χ1n) is 5.09. The van der Waals surface area contributed by atoms with Crippen LogP contribution >= 0.6 is 0 Å². The first-order valence-corrected chi connectivity index (χ1v) is 5.09. The quantitative estimate of drug-likeness (QED) is 0.750. The summed E-state index contributed by atoms with van der Waals surface area (Å²) in [5, 5.41) is 8.88. The van der Waals surface area contributed by atoms with Gasteiger partial charge in [-0.25, -0.2) is 0 Å². The van der Waals surface area contributed by atoms with Crippen molar-refractivity contribution in [1.29, 1.82) is 0 Å². The summed E-state index contributed by atoms with van der Waals surface area (Å²) in [6, 6.07) is 7.11. The fourth-order valence-corrected chi connectivity index (χ4v) is 1.26. The van der Waals surface area contributed by atoms with E-state index in [0.717, 1.165) is 5.56 Å². The van der Waals surface area contributed by atoms with E-state index in [9.17, 15) is 4.79 Å². The van der Waals surface area contributed by atoms with Crippen LogP contribution < -0.4 is 4.74 Å². The average molecular weight is 224 g/mol. The second-order valence-corrected chi connectivity index (χ2v) is 3.47. The monoisotopic (exact) mass is 224 g/mol. The van der Waals surface area contributed by atoms with E-state index in [2.05, 4.69) is 0 Å². The number of methoxy groups -OCH3 is 1. The molecule has 1 unspecified atom stereocenters. The second kappa shape index (κ2) is 6.12. The van der Waals surface area contributed by atoms with Gasteiger partial charge in [0, 0.05) is 7.11 Å². The smallest absolute Gasteiger partial charge is 0.310 e. The zero-order valence-electron chi connectivity index (χ0n) is 9.47. The van der Waals surface area contributed by atoms with Gasteiger partial charge in [0.1, 0.15) is 12.4 Å². The lowest BCUT2D eigenvalue weighted by atomic mass is 10.0. The first kappa shape index (κ1) is 12.5. The van der Waals surface area contributed by atoms with Crippen molar-refractivity contribution in [2.24, 2.45) is 0 Å². The van der Waals surface area contributed by atoms with Gasteiger partial charge in [0.25, 0.3) is 0 Å². The van der Waals surface area contributed by atoms with Crippen LogP contribution in [-0.4, -0.2) is 31.4 Å². The van der Waals surface area contributed by atoms with E-state index in [1.54, 1.807) is 38.3 Å². The Hall–Kier alpha value is -1.55. The van der Waals surface area contributed by atoms with Gasteiger partial charge in [-0.2, -0.15) is 0 Å². The molecule has 0 radical (unpaired) electrons. The van der Waals surface area contributed by atoms with Crippen molar-refractivity contribution in [3.05, 3.63) is 29.8 Å². The van der Waals surface area contributed by atoms with Gasteiger partial charge in [-0.1, -0.05) is 12.1 Å². The van der Waals surface area contributed by atoms with Gasteiger partial charge in [0.15, 0.2) is 0 Å². The van der Waals surface area contributed by atoms with Crippen molar-refractivity contribution in [2.45, 2.75) is 12.8 Å². The summed E-state index contributed by atoms with van der Waals surface area (Å²) in [6.45, 7) is 2.62. The molecule has 0 amide bonds. The van der Waals surface area contributed by atoms with Gasteiger partial charge in [0.2, 0.25) is 0 Å². The highest BCUT2D eigenvalue weighted by Gasteiger charge is 2.13. The molecule has 0 aliphatic carbocycles. The highest BCUT2D eigenvalue weighted by atomic mass is 16.5. The Labute approximate surface area is 94.8 Å². The molecule has 16 heavy (non-hydrogen) atoms. The molecule has 1 rings (SSSR count). The lowest BCUT2D eigenvalue weighted by molar-refractivity contribution is -0.138. The van der Waals surface area contributed by atoms with Crippen molar-refractivity contribution >= 4 is 5.97 Å². The molecule has 4 nitrogen and oxygen atoms in total. The van der Waals surface area contributed by atoms with E-state index in [4.69, 9.17) is 14.6 Å². The molecule has 1 atom stereocenters. The fraction of sp³-hybridized carbons (Fsp3) is 0.417. The van der Waals surface area contributed by atoms with Crippen molar-refractivity contribution in [1.82, 2.24) is 0 Å². The lowest BCUT2D eigenvalue weighted by Gasteiger charge is -2.10. The zero-order chi connectivity index (χ0) is 12.0. The topological polar surface area (TPSA) is 55.8 Å². The summed E-state index contributed by atoms with van der Waals surface area (Å²) in [7, 11) is 1.60. The van der Waals surface area contributed by atoms with Crippen LogP contribution in [0.3, 0.4) is 0 Å². The van der Waals surface area contributed by atoms with Crippen molar-refractivity contribution < 1.29 is 19.4 Å². The summed E-state index contributed by atoms with van der Waals surface area (Å²) in [4.78, 5) is 10.8. The molecule has 1 N–H and O–H groups in total. The largest absolute Gasteiger partial charge is 0.491 e. The Balaban J connectivity index is 2.67. The number of carboxylic acids is 1. The summed E-state index contributed by atoms with van der Waals surface area (Å²) >= 11 is 0. The van der Waals surface area contributed by atoms with Gasteiger partial charge in [-0.3, -0.25) is 4.79 Å². The fourth-order valence-electron chi connectivity index (χ4n) is 1.26. The van der Waals surface area contributed by atoms with Crippen molar-refractivity contribution in [2.75, 3.05) is 20.3 Å². The van der Waals surface area contributed by atoms with Gasteiger partial charge in [0.05, 0.1) is 12.5 Å². The van der Waals surface area contributed by atoms with E-state index in [0.29, 0.717) is 19.0 Å². The highest BCUT2D eigenvalue weighted by molar-refractivity contribution is 5.75. The molecule has 1 aromatic carbocycles. The van der Waals surface area contributed by atoms with Crippen LogP contribution in [0.2, 0.25) is 0 Å². The Kier molecular flexibility index (Phi) is 4.79. The second-order valence-electron chi connectivity index (χ2n) is 3.47.